The molecule has 3 nitrogen and oxygen atoms in total. The molecule has 0 aliphatic heterocycles. The van der Waals surface area contributed by atoms with E-state index in [1.165, 1.54) is 49.7 Å². The number of hydrogen-bond donors (Lipinski definition) is 0. The van der Waals surface area contributed by atoms with Crippen molar-refractivity contribution in [2.24, 2.45) is 0 Å². The van der Waals surface area contributed by atoms with Crippen molar-refractivity contribution >= 4 is 32.3 Å². The quantitative estimate of drug-likeness (QED) is 0.177. The van der Waals surface area contributed by atoms with Crippen LogP contribution in [-0.4, -0.2) is 15.0 Å². The van der Waals surface area contributed by atoms with Crippen molar-refractivity contribution in [2.75, 3.05) is 0 Å². The standard InChI is InChI=1S/C54H37N3/c1-54(2)48-25-8-7-21-47(48)50-44(22-12-26-49(50)54)40-17-9-19-41(33-40)51-55-52(45-23-10-16-35-14-5-6-20-42(35)45)57-53(56-51)46-24-11-18-39-32-38(29-30-43(39)46)37-28-27-34-13-3-4-15-36(34)31-37/h3-33H,1-2H3. The van der Waals surface area contributed by atoms with Crippen LogP contribution in [0.4, 0.5) is 0 Å². The lowest BCUT2D eigenvalue weighted by Gasteiger charge is -2.21. The molecule has 1 aromatic heterocycles. The average Bonchev–Trinajstić information content (AvgIpc) is 3.51. The average molecular weight is 728 g/mol. The summed E-state index contributed by atoms with van der Waals surface area (Å²) >= 11 is 0. The van der Waals surface area contributed by atoms with E-state index in [2.05, 4.69) is 202 Å². The van der Waals surface area contributed by atoms with Crippen LogP contribution in [0.25, 0.3) is 99.9 Å². The van der Waals surface area contributed by atoms with Gasteiger partial charge in [0, 0.05) is 22.1 Å². The van der Waals surface area contributed by atoms with Crippen molar-refractivity contribution in [3.8, 4) is 67.5 Å². The molecule has 11 rings (SSSR count). The number of rotatable bonds is 5. The van der Waals surface area contributed by atoms with E-state index in [0.29, 0.717) is 17.5 Å². The maximum absolute atomic E-state index is 5.29. The van der Waals surface area contributed by atoms with Crippen LogP contribution in [0.3, 0.4) is 0 Å². The van der Waals surface area contributed by atoms with E-state index < -0.39 is 0 Å². The van der Waals surface area contributed by atoms with Crippen LogP contribution in [0.15, 0.2) is 188 Å². The third-order valence-electron chi connectivity index (χ3n) is 11.9. The maximum Gasteiger partial charge on any atom is 0.164 e. The highest BCUT2D eigenvalue weighted by Gasteiger charge is 2.36. The summed E-state index contributed by atoms with van der Waals surface area (Å²) in [6.07, 6.45) is 0. The number of aromatic nitrogens is 3. The largest absolute Gasteiger partial charge is 0.208 e. The Morgan fingerprint density at radius 2 is 0.842 bits per heavy atom. The Bertz CT molecular complexity index is 3220. The van der Waals surface area contributed by atoms with E-state index in [1.54, 1.807) is 0 Å². The molecule has 57 heavy (non-hydrogen) atoms. The highest BCUT2D eigenvalue weighted by molar-refractivity contribution is 6.00. The number of hydrogen-bond acceptors (Lipinski definition) is 3. The van der Waals surface area contributed by atoms with Crippen LogP contribution in [0.1, 0.15) is 25.0 Å². The van der Waals surface area contributed by atoms with E-state index in [9.17, 15) is 0 Å². The predicted molar refractivity (Wildman–Crippen MR) is 237 cm³/mol. The number of fused-ring (bicyclic) bond motifs is 6. The van der Waals surface area contributed by atoms with Crippen LogP contribution in [0.2, 0.25) is 0 Å². The van der Waals surface area contributed by atoms with E-state index in [0.717, 1.165) is 43.8 Å². The lowest BCUT2D eigenvalue weighted by molar-refractivity contribution is 0.660. The smallest absolute Gasteiger partial charge is 0.164 e. The van der Waals surface area contributed by atoms with Gasteiger partial charge in [-0.3, -0.25) is 0 Å². The first-order chi connectivity index (χ1) is 28.0. The molecule has 0 saturated heterocycles. The first-order valence-corrected chi connectivity index (χ1v) is 19.6. The molecule has 0 N–H and O–H groups in total. The Morgan fingerprint density at radius 3 is 1.67 bits per heavy atom. The lowest BCUT2D eigenvalue weighted by atomic mass is 9.82. The van der Waals surface area contributed by atoms with Crippen molar-refractivity contribution < 1.29 is 0 Å². The van der Waals surface area contributed by atoms with Gasteiger partial charge in [0.15, 0.2) is 17.5 Å². The van der Waals surface area contributed by atoms with Gasteiger partial charge in [0.05, 0.1) is 0 Å². The molecule has 10 aromatic rings. The second-order valence-corrected chi connectivity index (χ2v) is 15.6. The van der Waals surface area contributed by atoms with Crippen LogP contribution in [0, 0.1) is 0 Å². The van der Waals surface area contributed by atoms with Gasteiger partial charge in [-0.05, 0) is 95.0 Å². The Balaban J connectivity index is 1.08. The topological polar surface area (TPSA) is 38.7 Å². The summed E-state index contributed by atoms with van der Waals surface area (Å²) in [5, 5.41) is 6.96. The minimum atomic E-state index is -0.0787. The second kappa shape index (κ2) is 12.9. The van der Waals surface area contributed by atoms with Crippen molar-refractivity contribution in [3.63, 3.8) is 0 Å². The summed E-state index contributed by atoms with van der Waals surface area (Å²) in [4.78, 5) is 15.8. The molecular weight excluding hydrogens is 691 g/mol. The van der Waals surface area contributed by atoms with Gasteiger partial charge in [0.25, 0.3) is 0 Å². The second-order valence-electron chi connectivity index (χ2n) is 15.6. The summed E-state index contributed by atoms with van der Waals surface area (Å²) in [5.74, 6) is 1.94. The molecule has 0 fully saturated rings. The normalized spacial score (nSPS) is 12.9. The number of benzene rings is 9. The van der Waals surface area contributed by atoms with Gasteiger partial charge in [-0.1, -0.05) is 184 Å². The van der Waals surface area contributed by atoms with Gasteiger partial charge >= 0.3 is 0 Å². The molecule has 3 heteroatoms. The molecule has 268 valence electrons. The fourth-order valence-electron chi connectivity index (χ4n) is 9.01. The fraction of sp³-hybridized carbons (Fsp3) is 0.0556. The molecule has 0 spiro atoms. The van der Waals surface area contributed by atoms with Crippen molar-refractivity contribution in [2.45, 2.75) is 19.3 Å². The van der Waals surface area contributed by atoms with Gasteiger partial charge in [-0.15, -0.1) is 0 Å². The molecular formula is C54H37N3. The van der Waals surface area contributed by atoms with Crippen LogP contribution in [0.5, 0.6) is 0 Å². The SMILES string of the molecule is CC1(C)c2ccccc2-c2c(-c3cccc(-c4nc(-c5cccc6ccccc56)nc(-c5cccc6cc(-c7ccc8ccccc8c7)ccc56)n4)c3)cccc21. The Kier molecular flexibility index (Phi) is 7.52. The van der Waals surface area contributed by atoms with E-state index >= 15 is 0 Å². The van der Waals surface area contributed by atoms with E-state index in [-0.39, 0.29) is 5.41 Å². The molecule has 0 atom stereocenters. The Morgan fingerprint density at radius 1 is 0.316 bits per heavy atom. The third kappa shape index (κ3) is 5.46. The fourth-order valence-corrected chi connectivity index (χ4v) is 9.01. The summed E-state index contributed by atoms with van der Waals surface area (Å²) in [7, 11) is 0. The van der Waals surface area contributed by atoms with Crippen molar-refractivity contribution in [3.05, 3.63) is 199 Å². The highest BCUT2D eigenvalue weighted by Crippen LogP contribution is 2.52. The minimum Gasteiger partial charge on any atom is -0.208 e. The first kappa shape index (κ1) is 33.1. The van der Waals surface area contributed by atoms with Gasteiger partial charge in [-0.25, -0.2) is 15.0 Å². The molecule has 1 aliphatic carbocycles. The van der Waals surface area contributed by atoms with E-state index in [4.69, 9.17) is 15.0 Å². The van der Waals surface area contributed by atoms with Gasteiger partial charge < -0.3 is 0 Å². The first-order valence-electron chi connectivity index (χ1n) is 19.6. The molecule has 1 aliphatic rings. The van der Waals surface area contributed by atoms with Crippen LogP contribution >= 0.6 is 0 Å². The molecule has 9 aromatic carbocycles. The van der Waals surface area contributed by atoms with Gasteiger partial charge in [0.1, 0.15) is 0 Å². The summed E-state index contributed by atoms with van der Waals surface area (Å²) < 4.78 is 0. The highest BCUT2D eigenvalue weighted by atomic mass is 15.0. The molecule has 0 unspecified atom stereocenters. The van der Waals surface area contributed by atoms with Crippen molar-refractivity contribution in [1.29, 1.82) is 0 Å². The molecule has 0 amide bonds. The van der Waals surface area contributed by atoms with Crippen molar-refractivity contribution in [1.82, 2.24) is 15.0 Å². The molecule has 0 saturated carbocycles. The zero-order chi connectivity index (χ0) is 38.1. The molecule has 0 radical (unpaired) electrons. The number of nitrogens with zero attached hydrogens (tertiary/aromatic N) is 3. The van der Waals surface area contributed by atoms with Crippen LogP contribution in [-0.2, 0) is 5.41 Å². The zero-order valence-electron chi connectivity index (χ0n) is 31.7. The van der Waals surface area contributed by atoms with Gasteiger partial charge in [-0.2, -0.15) is 0 Å². The van der Waals surface area contributed by atoms with Crippen LogP contribution < -0.4 is 0 Å². The zero-order valence-corrected chi connectivity index (χ0v) is 31.7. The summed E-state index contributed by atoms with van der Waals surface area (Å²) in [6.45, 7) is 4.66. The lowest BCUT2D eigenvalue weighted by Crippen LogP contribution is -2.14. The van der Waals surface area contributed by atoms with E-state index in [1.807, 2.05) is 0 Å². The Labute approximate surface area is 332 Å². The molecule has 1 heterocycles. The predicted octanol–water partition coefficient (Wildman–Crippen LogP) is 14.0. The third-order valence-corrected chi connectivity index (χ3v) is 11.9. The summed E-state index contributed by atoms with van der Waals surface area (Å²) in [5.41, 5.74) is 12.9. The molecule has 0 bridgehead atoms. The Hall–Kier alpha value is -7.23. The maximum atomic E-state index is 5.29. The monoisotopic (exact) mass is 727 g/mol. The van der Waals surface area contributed by atoms with Gasteiger partial charge in [0.2, 0.25) is 0 Å². The minimum absolute atomic E-state index is 0.0787. The summed E-state index contributed by atoms with van der Waals surface area (Å²) in [6, 6.07) is 67.4.